The lowest BCUT2D eigenvalue weighted by atomic mass is 9.96. The molecule has 12 heteroatoms. The third kappa shape index (κ3) is 5.36. The molecule has 2 aliphatic rings. The molecule has 2 N–H and O–H groups in total. The molecule has 3 unspecified atom stereocenters. The summed E-state index contributed by atoms with van der Waals surface area (Å²) in [6.07, 6.45) is -0.586. The second-order valence-electron chi connectivity index (χ2n) is 10.1. The summed E-state index contributed by atoms with van der Waals surface area (Å²) in [4.78, 5) is 41.2. The van der Waals surface area contributed by atoms with Crippen LogP contribution in [0.2, 0.25) is 0 Å². The quantitative estimate of drug-likeness (QED) is 0.535. The van der Waals surface area contributed by atoms with Crippen LogP contribution >= 0.6 is 0 Å². The fourth-order valence-electron chi connectivity index (χ4n) is 4.10. The topological polar surface area (TPSA) is 119 Å². The highest BCUT2D eigenvalue weighted by atomic mass is 19.1. The number of nitrogens with one attached hydrogen (secondary N) is 1. The van der Waals surface area contributed by atoms with E-state index in [4.69, 9.17) is 14.2 Å². The van der Waals surface area contributed by atoms with Crippen molar-refractivity contribution in [2.45, 2.75) is 59.3 Å². The standard InChI is InChI=1S/C25H29F2N3O7/c1-13-11-35-18-10-29-9-16(22(32)28-8-14-5-6-15(26)7-17(14)27)20(31)21(19(29)23(33)30(13)18)36-12-37-24(34)25(2,3)4/h5-7,9,13,18,24,34H,8,10-12H2,1-4H3,(H,28,32). The van der Waals surface area contributed by atoms with E-state index in [1.165, 1.54) is 21.7 Å². The lowest BCUT2D eigenvalue weighted by molar-refractivity contribution is -0.190. The number of aliphatic hydroxyl groups is 1. The maximum absolute atomic E-state index is 14.0. The van der Waals surface area contributed by atoms with Crippen LogP contribution in [0.15, 0.2) is 29.2 Å². The third-order valence-corrected chi connectivity index (χ3v) is 6.21. The largest absolute Gasteiger partial charge is 0.461 e. The van der Waals surface area contributed by atoms with E-state index in [0.29, 0.717) is 12.7 Å². The second kappa shape index (κ2) is 10.2. The van der Waals surface area contributed by atoms with E-state index in [1.807, 2.05) is 6.92 Å². The fraction of sp³-hybridized carbons (Fsp3) is 0.480. The summed E-state index contributed by atoms with van der Waals surface area (Å²) >= 11 is 0. The zero-order valence-electron chi connectivity index (χ0n) is 20.9. The Labute approximate surface area is 211 Å². The van der Waals surface area contributed by atoms with Crippen molar-refractivity contribution in [1.82, 2.24) is 14.8 Å². The summed E-state index contributed by atoms with van der Waals surface area (Å²) < 4.78 is 45.1. The third-order valence-electron chi connectivity index (χ3n) is 6.21. The van der Waals surface area contributed by atoms with E-state index in [2.05, 4.69) is 5.32 Å². The summed E-state index contributed by atoms with van der Waals surface area (Å²) in [5.74, 6) is -3.38. The molecule has 4 rings (SSSR count). The maximum atomic E-state index is 14.0. The highest BCUT2D eigenvalue weighted by Crippen LogP contribution is 2.30. The number of hydrogen-bond donors (Lipinski definition) is 2. The van der Waals surface area contributed by atoms with Gasteiger partial charge >= 0.3 is 0 Å². The second-order valence-corrected chi connectivity index (χ2v) is 10.1. The van der Waals surface area contributed by atoms with Gasteiger partial charge in [-0.3, -0.25) is 14.4 Å². The van der Waals surface area contributed by atoms with Gasteiger partial charge in [0.25, 0.3) is 11.8 Å². The van der Waals surface area contributed by atoms with Crippen molar-refractivity contribution in [2.24, 2.45) is 5.41 Å². The molecular formula is C25H29F2N3O7. The van der Waals surface area contributed by atoms with Gasteiger partial charge in [0.2, 0.25) is 5.43 Å². The van der Waals surface area contributed by atoms with Crippen LogP contribution in [0.25, 0.3) is 0 Å². The average molecular weight is 522 g/mol. The number of hydrogen-bond acceptors (Lipinski definition) is 7. The van der Waals surface area contributed by atoms with Crippen molar-refractivity contribution in [3.05, 3.63) is 63.1 Å². The molecule has 0 saturated carbocycles. The molecule has 0 radical (unpaired) electrons. The van der Waals surface area contributed by atoms with Crippen LogP contribution in [-0.4, -0.2) is 58.3 Å². The fourth-order valence-corrected chi connectivity index (χ4v) is 4.10. The monoisotopic (exact) mass is 521 g/mol. The number of pyridine rings is 1. The first-order chi connectivity index (χ1) is 17.4. The van der Waals surface area contributed by atoms with E-state index in [0.717, 1.165) is 6.07 Å². The van der Waals surface area contributed by atoms with Gasteiger partial charge in [0.15, 0.2) is 30.8 Å². The molecule has 3 heterocycles. The molecule has 200 valence electrons. The Morgan fingerprint density at radius 1 is 1.30 bits per heavy atom. The normalized spacial score (nSPS) is 19.9. The Hall–Kier alpha value is -3.35. The highest BCUT2D eigenvalue weighted by molar-refractivity contribution is 5.99. The van der Waals surface area contributed by atoms with Crippen molar-refractivity contribution in [3.8, 4) is 5.75 Å². The van der Waals surface area contributed by atoms with Gasteiger partial charge in [-0.2, -0.15) is 0 Å². The van der Waals surface area contributed by atoms with Crippen molar-refractivity contribution in [3.63, 3.8) is 0 Å². The summed E-state index contributed by atoms with van der Waals surface area (Å²) in [5.41, 5.74) is -1.93. The van der Waals surface area contributed by atoms with Gasteiger partial charge in [0, 0.05) is 29.8 Å². The van der Waals surface area contributed by atoms with Gasteiger partial charge in [0.1, 0.15) is 17.2 Å². The van der Waals surface area contributed by atoms with E-state index in [1.54, 1.807) is 20.8 Å². The van der Waals surface area contributed by atoms with Gasteiger partial charge in [-0.1, -0.05) is 26.8 Å². The number of nitrogens with zero attached hydrogens (tertiary/aromatic N) is 2. The average Bonchev–Trinajstić information content (AvgIpc) is 3.19. The number of aliphatic hydroxyl groups excluding tert-OH is 1. The van der Waals surface area contributed by atoms with Crippen LogP contribution in [-0.2, 0) is 22.6 Å². The van der Waals surface area contributed by atoms with E-state index >= 15 is 0 Å². The van der Waals surface area contributed by atoms with Crippen LogP contribution < -0.4 is 15.5 Å². The predicted molar refractivity (Wildman–Crippen MR) is 126 cm³/mol. The Bertz CT molecular complexity index is 1270. The molecule has 0 spiro atoms. The first kappa shape index (κ1) is 26.7. The number of halogens is 2. The molecule has 0 bridgehead atoms. The number of amides is 2. The Balaban J connectivity index is 1.65. The molecular weight excluding hydrogens is 492 g/mol. The summed E-state index contributed by atoms with van der Waals surface area (Å²) in [6.45, 7) is 6.61. The minimum absolute atomic E-state index is 0.0213. The predicted octanol–water partition coefficient (Wildman–Crippen LogP) is 1.97. The first-order valence-electron chi connectivity index (χ1n) is 11.7. The number of rotatable bonds is 7. The maximum Gasteiger partial charge on any atom is 0.276 e. The molecule has 2 aromatic rings. The zero-order valence-corrected chi connectivity index (χ0v) is 20.9. The van der Waals surface area contributed by atoms with Crippen molar-refractivity contribution in [2.75, 3.05) is 13.4 Å². The SMILES string of the molecule is CC1COC2Cn3cc(C(=O)NCc4ccc(F)cc4F)c(=O)c(OCOC(O)C(C)(C)C)c3C(=O)N12. The van der Waals surface area contributed by atoms with E-state index < -0.39 is 59.4 Å². The van der Waals surface area contributed by atoms with Gasteiger partial charge in [-0.15, -0.1) is 0 Å². The molecule has 10 nitrogen and oxygen atoms in total. The van der Waals surface area contributed by atoms with E-state index in [9.17, 15) is 28.3 Å². The summed E-state index contributed by atoms with van der Waals surface area (Å²) in [7, 11) is 0. The van der Waals surface area contributed by atoms with Crippen LogP contribution in [0.1, 0.15) is 54.1 Å². The Morgan fingerprint density at radius 2 is 2.03 bits per heavy atom. The minimum Gasteiger partial charge on any atom is -0.461 e. The van der Waals surface area contributed by atoms with Gasteiger partial charge in [-0.05, 0) is 13.0 Å². The smallest absolute Gasteiger partial charge is 0.276 e. The van der Waals surface area contributed by atoms with Crippen molar-refractivity contribution < 1.29 is 37.7 Å². The molecule has 2 amide bonds. The lowest BCUT2D eigenvalue weighted by Gasteiger charge is -2.34. The van der Waals surface area contributed by atoms with Gasteiger partial charge in [-0.25, -0.2) is 8.78 Å². The number of aromatic nitrogens is 1. The highest BCUT2D eigenvalue weighted by Gasteiger charge is 2.43. The summed E-state index contributed by atoms with van der Waals surface area (Å²) in [5, 5.41) is 12.6. The molecule has 1 saturated heterocycles. The van der Waals surface area contributed by atoms with E-state index in [-0.39, 0.29) is 36.0 Å². The van der Waals surface area contributed by atoms with Crippen LogP contribution in [0, 0.1) is 17.0 Å². The molecule has 2 aliphatic heterocycles. The van der Waals surface area contributed by atoms with Gasteiger partial charge < -0.3 is 34.1 Å². The number of carbonyl (C=O) groups is 2. The molecule has 3 atom stereocenters. The van der Waals surface area contributed by atoms with Crippen LogP contribution in [0.4, 0.5) is 8.78 Å². The molecule has 1 aromatic carbocycles. The summed E-state index contributed by atoms with van der Waals surface area (Å²) in [6, 6.07) is 2.69. The molecule has 1 fully saturated rings. The molecule has 1 aromatic heterocycles. The Kier molecular flexibility index (Phi) is 7.36. The lowest BCUT2D eigenvalue weighted by Crippen LogP contribution is -2.49. The number of carbonyl (C=O) groups excluding carboxylic acids is 2. The number of ether oxygens (including phenoxy) is 3. The van der Waals surface area contributed by atoms with Crippen molar-refractivity contribution >= 4 is 11.8 Å². The number of benzene rings is 1. The van der Waals surface area contributed by atoms with Crippen LogP contribution in [0.5, 0.6) is 5.75 Å². The first-order valence-corrected chi connectivity index (χ1v) is 11.7. The number of fused-ring (bicyclic) bond motifs is 2. The molecule has 0 aliphatic carbocycles. The molecule has 37 heavy (non-hydrogen) atoms. The van der Waals surface area contributed by atoms with Crippen LogP contribution in [0.3, 0.4) is 0 Å². The van der Waals surface area contributed by atoms with Gasteiger partial charge in [0.05, 0.1) is 19.2 Å². The van der Waals surface area contributed by atoms with Crippen molar-refractivity contribution in [1.29, 1.82) is 0 Å². The Morgan fingerprint density at radius 3 is 2.70 bits per heavy atom. The zero-order chi connectivity index (χ0) is 27.1. The minimum atomic E-state index is -1.23.